The predicted molar refractivity (Wildman–Crippen MR) is 41.8 cm³/mol. The van der Waals surface area contributed by atoms with E-state index >= 15 is 0 Å². The average molecular weight is 146 g/mol. The molecule has 0 spiro atoms. The Kier molecular flexibility index (Phi) is 4.65. The van der Waals surface area contributed by atoms with E-state index in [4.69, 9.17) is 10.2 Å². The highest BCUT2D eigenvalue weighted by Crippen LogP contribution is 2.11. The van der Waals surface area contributed by atoms with E-state index in [1.54, 1.807) is 13.8 Å². The van der Waals surface area contributed by atoms with Gasteiger partial charge in [-0.25, -0.2) is 0 Å². The Morgan fingerprint density at radius 2 is 1.50 bits per heavy atom. The maximum Gasteiger partial charge on any atom is 0.0537 e. The number of rotatable bonds is 4. The molecule has 0 radical (unpaired) electrons. The molecule has 0 saturated heterocycles. The number of aliphatic hydroxyl groups excluding tert-OH is 2. The van der Waals surface area contributed by atoms with E-state index in [0.29, 0.717) is 5.92 Å². The molecule has 0 rings (SSSR count). The van der Waals surface area contributed by atoms with Crippen molar-refractivity contribution >= 4 is 0 Å². The third-order valence-corrected chi connectivity index (χ3v) is 1.86. The van der Waals surface area contributed by atoms with Crippen LogP contribution < -0.4 is 0 Å². The SMILES string of the molecule is CC(O)CC[C@@H](C)[C@@H](C)O. The molecule has 0 bridgehead atoms. The first kappa shape index (κ1) is 9.92. The van der Waals surface area contributed by atoms with Gasteiger partial charge in [0.1, 0.15) is 0 Å². The van der Waals surface area contributed by atoms with Crippen molar-refractivity contribution in [3.8, 4) is 0 Å². The van der Waals surface area contributed by atoms with Crippen LogP contribution in [0.15, 0.2) is 0 Å². The van der Waals surface area contributed by atoms with Gasteiger partial charge in [0, 0.05) is 0 Å². The molecule has 0 aromatic rings. The third-order valence-electron chi connectivity index (χ3n) is 1.86. The summed E-state index contributed by atoms with van der Waals surface area (Å²) >= 11 is 0. The lowest BCUT2D eigenvalue weighted by atomic mass is 9.99. The van der Waals surface area contributed by atoms with Gasteiger partial charge in [-0.15, -0.1) is 0 Å². The van der Waals surface area contributed by atoms with Gasteiger partial charge < -0.3 is 10.2 Å². The Morgan fingerprint density at radius 1 is 1.00 bits per heavy atom. The molecule has 1 unspecified atom stereocenters. The second-order valence-corrected chi connectivity index (χ2v) is 3.14. The second-order valence-electron chi connectivity index (χ2n) is 3.14. The lowest BCUT2D eigenvalue weighted by Crippen LogP contribution is -2.14. The summed E-state index contributed by atoms with van der Waals surface area (Å²) in [7, 11) is 0. The molecule has 2 heteroatoms. The summed E-state index contributed by atoms with van der Waals surface area (Å²) in [6.07, 6.45) is 1.20. The summed E-state index contributed by atoms with van der Waals surface area (Å²) in [5.74, 6) is 0.301. The van der Waals surface area contributed by atoms with Crippen molar-refractivity contribution in [3.63, 3.8) is 0 Å². The highest BCUT2D eigenvalue weighted by atomic mass is 16.3. The number of hydrogen-bond acceptors (Lipinski definition) is 2. The van der Waals surface area contributed by atoms with Gasteiger partial charge in [0.25, 0.3) is 0 Å². The molecule has 2 nitrogen and oxygen atoms in total. The predicted octanol–water partition coefficient (Wildman–Crippen LogP) is 1.16. The van der Waals surface area contributed by atoms with Crippen LogP contribution in [0.1, 0.15) is 33.6 Å². The molecule has 62 valence electrons. The van der Waals surface area contributed by atoms with Gasteiger partial charge in [-0.2, -0.15) is 0 Å². The highest BCUT2D eigenvalue weighted by Gasteiger charge is 2.08. The molecule has 0 aliphatic heterocycles. The van der Waals surface area contributed by atoms with E-state index in [-0.39, 0.29) is 12.2 Å². The van der Waals surface area contributed by atoms with Crippen LogP contribution in [0, 0.1) is 5.92 Å². The lowest BCUT2D eigenvalue weighted by molar-refractivity contribution is 0.111. The normalized spacial score (nSPS) is 20.1. The zero-order chi connectivity index (χ0) is 8.15. The Labute approximate surface area is 62.9 Å². The van der Waals surface area contributed by atoms with E-state index in [1.165, 1.54) is 0 Å². The third kappa shape index (κ3) is 4.77. The van der Waals surface area contributed by atoms with Gasteiger partial charge in [-0.1, -0.05) is 6.92 Å². The quantitative estimate of drug-likeness (QED) is 0.625. The Morgan fingerprint density at radius 3 is 1.80 bits per heavy atom. The van der Waals surface area contributed by atoms with E-state index in [1.807, 2.05) is 6.92 Å². The first-order valence-electron chi connectivity index (χ1n) is 3.90. The van der Waals surface area contributed by atoms with Crippen LogP contribution in [0.25, 0.3) is 0 Å². The molecule has 2 N–H and O–H groups in total. The van der Waals surface area contributed by atoms with E-state index in [9.17, 15) is 0 Å². The minimum atomic E-state index is -0.251. The molecule has 0 aromatic carbocycles. The largest absolute Gasteiger partial charge is 0.393 e. The van der Waals surface area contributed by atoms with Crippen molar-refractivity contribution < 1.29 is 10.2 Å². The van der Waals surface area contributed by atoms with Crippen LogP contribution in [0.2, 0.25) is 0 Å². The van der Waals surface area contributed by atoms with Crippen molar-refractivity contribution in [1.82, 2.24) is 0 Å². The first-order chi connectivity index (χ1) is 4.54. The Bertz CT molecular complexity index is 79.3. The molecule has 0 saturated carbocycles. The molecule has 0 amide bonds. The Hall–Kier alpha value is -0.0800. The minimum Gasteiger partial charge on any atom is -0.393 e. The first-order valence-corrected chi connectivity index (χ1v) is 3.90. The zero-order valence-corrected chi connectivity index (χ0v) is 7.04. The molecule has 0 aliphatic carbocycles. The van der Waals surface area contributed by atoms with Crippen LogP contribution >= 0.6 is 0 Å². The van der Waals surface area contributed by atoms with Gasteiger partial charge in [0.2, 0.25) is 0 Å². The van der Waals surface area contributed by atoms with Crippen molar-refractivity contribution in [2.24, 2.45) is 5.92 Å². The summed E-state index contributed by atoms with van der Waals surface area (Å²) < 4.78 is 0. The maximum atomic E-state index is 9.05. The molecular formula is C8H18O2. The lowest BCUT2D eigenvalue weighted by Gasteiger charge is -2.14. The number of hydrogen-bond donors (Lipinski definition) is 2. The molecule has 3 atom stereocenters. The van der Waals surface area contributed by atoms with E-state index in [0.717, 1.165) is 12.8 Å². The second kappa shape index (κ2) is 4.69. The summed E-state index contributed by atoms with van der Waals surface area (Å²) in [4.78, 5) is 0. The van der Waals surface area contributed by atoms with Gasteiger partial charge in [0.05, 0.1) is 12.2 Å². The average Bonchev–Trinajstić information content (AvgIpc) is 1.82. The smallest absolute Gasteiger partial charge is 0.0537 e. The Balaban J connectivity index is 3.30. The van der Waals surface area contributed by atoms with Crippen molar-refractivity contribution in [3.05, 3.63) is 0 Å². The van der Waals surface area contributed by atoms with E-state index < -0.39 is 0 Å². The molecule has 0 heterocycles. The fourth-order valence-corrected chi connectivity index (χ4v) is 0.745. The summed E-state index contributed by atoms with van der Waals surface area (Å²) in [6, 6.07) is 0. The molecule has 0 aliphatic rings. The van der Waals surface area contributed by atoms with Gasteiger partial charge >= 0.3 is 0 Å². The fourth-order valence-electron chi connectivity index (χ4n) is 0.745. The van der Waals surface area contributed by atoms with Crippen LogP contribution in [0.3, 0.4) is 0 Å². The fraction of sp³-hybridized carbons (Fsp3) is 1.00. The molecular weight excluding hydrogens is 128 g/mol. The highest BCUT2D eigenvalue weighted by molar-refractivity contribution is 4.60. The van der Waals surface area contributed by atoms with Crippen molar-refractivity contribution in [1.29, 1.82) is 0 Å². The topological polar surface area (TPSA) is 40.5 Å². The summed E-state index contributed by atoms with van der Waals surface area (Å²) in [5.41, 5.74) is 0. The van der Waals surface area contributed by atoms with Crippen LogP contribution in [0.5, 0.6) is 0 Å². The van der Waals surface area contributed by atoms with Crippen LogP contribution in [-0.2, 0) is 0 Å². The van der Waals surface area contributed by atoms with Gasteiger partial charge in [0.15, 0.2) is 0 Å². The van der Waals surface area contributed by atoms with Gasteiger partial charge in [-0.05, 0) is 32.6 Å². The van der Waals surface area contributed by atoms with E-state index in [2.05, 4.69) is 0 Å². The molecule has 0 aromatic heterocycles. The van der Waals surface area contributed by atoms with Gasteiger partial charge in [-0.3, -0.25) is 0 Å². The number of aliphatic hydroxyl groups is 2. The summed E-state index contributed by atoms with van der Waals surface area (Å²) in [5, 5.41) is 18.0. The molecule has 10 heavy (non-hydrogen) atoms. The van der Waals surface area contributed by atoms with Crippen LogP contribution in [0.4, 0.5) is 0 Å². The monoisotopic (exact) mass is 146 g/mol. The maximum absolute atomic E-state index is 9.05. The molecule has 0 fully saturated rings. The summed E-state index contributed by atoms with van der Waals surface area (Å²) in [6.45, 7) is 5.55. The minimum absolute atomic E-state index is 0.235. The van der Waals surface area contributed by atoms with Crippen molar-refractivity contribution in [2.75, 3.05) is 0 Å². The standard InChI is InChI=1S/C8H18O2/c1-6(8(3)10)4-5-7(2)9/h6-10H,4-5H2,1-3H3/t6-,7?,8-/m1/s1. The van der Waals surface area contributed by atoms with Crippen molar-refractivity contribution in [2.45, 2.75) is 45.8 Å². The van der Waals surface area contributed by atoms with Crippen LogP contribution in [-0.4, -0.2) is 22.4 Å². The zero-order valence-electron chi connectivity index (χ0n) is 7.04.